The van der Waals surface area contributed by atoms with Crippen molar-refractivity contribution in [3.8, 4) is 0 Å². The van der Waals surface area contributed by atoms with Gasteiger partial charge >= 0.3 is 5.69 Å². The van der Waals surface area contributed by atoms with Gasteiger partial charge in [0.25, 0.3) is 5.91 Å². The zero-order chi connectivity index (χ0) is 22.8. The van der Waals surface area contributed by atoms with Crippen LogP contribution < -0.4 is 10.2 Å². The number of nitro groups is 1. The predicted molar refractivity (Wildman–Crippen MR) is 122 cm³/mol. The number of carbonyl (C=O) groups excluding carboxylic acids is 1. The summed E-state index contributed by atoms with van der Waals surface area (Å²) in [5, 5.41) is 19.0. The van der Waals surface area contributed by atoms with E-state index in [2.05, 4.69) is 10.5 Å². The number of anilines is 1. The molecular formula is C23H20N4O4S. The Hall–Kier alpha value is -3.59. The molecule has 3 atom stereocenters. The molecule has 1 aromatic heterocycles. The fourth-order valence-corrected chi connectivity index (χ4v) is 5.46. The van der Waals surface area contributed by atoms with Crippen molar-refractivity contribution in [1.29, 1.82) is 0 Å². The molecule has 5 rings (SSSR count). The van der Waals surface area contributed by atoms with E-state index in [0.717, 1.165) is 22.4 Å². The third-order valence-electron chi connectivity index (χ3n) is 6.49. The Kier molecular flexibility index (Phi) is 4.42. The number of nitrogens with one attached hydrogen (secondary N) is 1. The number of hydrogen-bond donors (Lipinski definition) is 1. The highest BCUT2D eigenvalue weighted by Gasteiger charge is 2.64. The highest BCUT2D eigenvalue weighted by atomic mass is 32.1. The molecule has 1 spiro atoms. The quantitative estimate of drug-likeness (QED) is 0.369. The lowest BCUT2D eigenvalue weighted by atomic mass is 9.71. The van der Waals surface area contributed by atoms with Crippen LogP contribution in [-0.4, -0.2) is 28.0 Å². The number of likely N-dealkylation sites (N-methyl/N-ethyl adjacent to an activating group) is 1. The molecule has 8 nitrogen and oxygen atoms in total. The molecule has 3 aromatic rings. The van der Waals surface area contributed by atoms with Gasteiger partial charge in [-0.3, -0.25) is 14.9 Å². The van der Waals surface area contributed by atoms with Crippen LogP contribution in [0.4, 0.5) is 11.4 Å². The number of hydrogen-bond acceptors (Lipinski definition) is 6. The first kappa shape index (κ1) is 20.3. The second-order valence-electron chi connectivity index (χ2n) is 8.28. The van der Waals surface area contributed by atoms with Crippen molar-refractivity contribution in [2.24, 2.45) is 0 Å². The Bertz CT molecular complexity index is 1290. The number of rotatable bonds is 3. The smallest absolute Gasteiger partial charge is 0.335 e. The summed E-state index contributed by atoms with van der Waals surface area (Å²) in [6.45, 7) is 3.50. The molecule has 1 amide bonds. The van der Waals surface area contributed by atoms with E-state index < -0.39 is 22.3 Å². The van der Waals surface area contributed by atoms with Crippen LogP contribution in [0, 0.1) is 24.0 Å². The monoisotopic (exact) mass is 448 g/mol. The highest BCUT2D eigenvalue weighted by molar-refractivity contribution is 7.80. The van der Waals surface area contributed by atoms with E-state index in [1.807, 2.05) is 55.5 Å². The van der Waals surface area contributed by atoms with Crippen LogP contribution in [0.15, 0.2) is 53.1 Å². The number of aryl methyl sites for hydroxylation is 2. The Labute approximate surface area is 189 Å². The maximum absolute atomic E-state index is 13.8. The lowest BCUT2D eigenvalue weighted by molar-refractivity contribution is -0.386. The zero-order valence-corrected chi connectivity index (χ0v) is 18.5. The van der Waals surface area contributed by atoms with Crippen molar-refractivity contribution >= 4 is 34.5 Å². The van der Waals surface area contributed by atoms with Gasteiger partial charge in [0.1, 0.15) is 0 Å². The molecule has 9 heteroatoms. The molecule has 162 valence electrons. The number of fused-ring (bicyclic) bond motifs is 2. The van der Waals surface area contributed by atoms with Gasteiger partial charge < -0.3 is 14.7 Å². The van der Waals surface area contributed by atoms with Gasteiger partial charge in [0.05, 0.1) is 15.8 Å². The molecule has 2 aliphatic rings. The molecule has 0 radical (unpaired) electrons. The topological polar surface area (TPSA) is 102 Å². The Balaban J connectivity index is 1.81. The second kappa shape index (κ2) is 6.96. The zero-order valence-electron chi connectivity index (χ0n) is 17.7. The Morgan fingerprint density at radius 1 is 1.19 bits per heavy atom. The van der Waals surface area contributed by atoms with Gasteiger partial charge in [-0.25, -0.2) is 0 Å². The fourth-order valence-electron chi connectivity index (χ4n) is 5.06. The molecule has 1 saturated heterocycles. The number of nitrogens with zero attached hydrogens (tertiary/aromatic N) is 3. The minimum absolute atomic E-state index is 0.0623. The molecule has 0 unspecified atom stereocenters. The minimum Gasteiger partial charge on any atom is -0.361 e. The number of carbonyl (C=O) groups is 1. The van der Waals surface area contributed by atoms with Crippen molar-refractivity contribution < 1.29 is 14.2 Å². The van der Waals surface area contributed by atoms with Crippen molar-refractivity contribution in [2.75, 3.05) is 11.9 Å². The molecule has 0 saturated carbocycles. The van der Waals surface area contributed by atoms with Crippen molar-refractivity contribution in [3.63, 3.8) is 0 Å². The highest BCUT2D eigenvalue weighted by Crippen LogP contribution is 2.58. The summed E-state index contributed by atoms with van der Waals surface area (Å²) >= 11 is 5.72. The van der Waals surface area contributed by atoms with E-state index in [9.17, 15) is 14.9 Å². The van der Waals surface area contributed by atoms with E-state index in [1.165, 1.54) is 6.92 Å². The molecule has 0 aliphatic carbocycles. The van der Waals surface area contributed by atoms with Crippen LogP contribution in [0.25, 0.3) is 0 Å². The van der Waals surface area contributed by atoms with E-state index in [4.69, 9.17) is 16.7 Å². The average Bonchev–Trinajstić information content (AvgIpc) is 3.36. The van der Waals surface area contributed by atoms with Crippen LogP contribution in [0.3, 0.4) is 0 Å². The third kappa shape index (κ3) is 2.57. The second-order valence-corrected chi connectivity index (χ2v) is 8.72. The van der Waals surface area contributed by atoms with Gasteiger partial charge in [0.15, 0.2) is 11.2 Å². The van der Waals surface area contributed by atoms with Gasteiger partial charge in [-0.1, -0.05) is 65.4 Å². The Morgan fingerprint density at radius 3 is 2.56 bits per heavy atom. The van der Waals surface area contributed by atoms with Gasteiger partial charge in [-0.2, -0.15) is 0 Å². The molecule has 1 fully saturated rings. The van der Waals surface area contributed by atoms with Crippen LogP contribution in [-0.2, 0) is 10.3 Å². The standard InChI is InChI=1S/C23H20N4O4S/c1-12-8-10-14(11-9-12)18-17(20-19(27(29)30)13(2)25-31-20)21(32)24-23(18)15-6-4-5-7-16(15)26(3)22(23)28/h4-11,17-18H,1-3H3,(H,24,32)/t17-,18+,23-/m0/s1. The number of benzene rings is 2. The van der Waals surface area contributed by atoms with Crippen molar-refractivity contribution in [1.82, 2.24) is 10.5 Å². The first-order chi connectivity index (χ1) is 15.3. The summed E-state index contributed by atoms with van der Waals surface area (Å²) in [5.41, 5.74) is 2.19. The molecular weight excluding hydrogens is 428 g/mol. The van der Waals surface area contributed by atoms with E-state index in [1.54, 1.807) is 11.9 Å². The fraction of sp³-hybridized carbons (Fsp3) is 0.261. The molecule has 3 heterocycles. The maximum Gasteiger partial charge on any atom is 0.335 e. The van der Waals surface area contributed by atoms with E-state index in [0.29, 0.717) is 4.99 Å². The summed E-state index contributed by atoms with van der Waals surface area (Å²) in [5.74, 6) is -1.42. The van der Waals surface area contributed by atoms with Gasteiger partial charge in [-0.15, -0.1) is 0 Å². The summed E-state index contributed by atoms with van der Waals surface area (Å²) < 4.78 is 5.50. The van der Waals surface area contributed by atoms with Gasteiger partial charge in [0, 0.05) is 24.2 Å². The molecule has 2 aromatic carbocycles. The van der Waals surface area contributed by atoms with Crippen molar-refractivity contribution in [3.05, 3.63) is 86.8 Å². The van der Waals surface area contributed by atoms with Gasteiger partial charge in [-0.05, 0) is 25.5 Å². The summed E-state index contributed by atoms with van der Waals surface area (Å²) in [7, 11) is 1.72. The van der Waals surface area contributed by atoms with Crippen LogP contribution in [0.1, 0.15) is 40.0 Å². The van der Waals surface area contributed by atoms with Crippen LogP contribution >= 0.6 is 12.2 Å². The number of amides is 1. The van der Waals surface area contributed by atoms with Crippen LogP contribution in [0.2, 0.25) is 0 Å². The lowest BCUT2D eigenvalue weighted by Gasteiger charge is -2.32. The van der Waals surface area contributed by atoms with Crippen molar-refractivity contribution in [2.45, 2.75) is 31.2 Å². The number of aromatic nitrogens is 1. The third-order valence-corrected chi connectivity index (χ3v) is 6.85. The summed E-state index contributed by atoms with van der Waals surface area (Å²) in [4.78, 5) is 27.1. The molecule has 0 bridgehead atoms. The summed E-state index contributed by atoms with van der Waals surface area (Å²) in [6, 6.07) is 15.3. The Morgan fingerprint density at radius 2 is 1.88 bits per heavy atom. The first-order valence-electron chi connectivity index (χ1n) is 10.1. The van der Waals surface area contributed by atoms with Crippen LogP contribution in [0.5, 0.6) is 0 Å². The molecule has 1 N–H and O–H groups in total. The minimum atomic E-state index is -1.21. The summed E-state index contributed by atoms with van der Waals surface area (Å²) in [6.07, 6.45) is 0. The maximum atomic E-state index is 13.8. The first-order valence-corrected chi connectivity index (χ1v) is 10.5. The number of thiocarbonyl (C=S) groups is 1. The predicted octanol–water partition coefficient (Wildman–Crippen LogP) is 3.87. The van der Waals surface area contributed by atoms with Gasteiger partial charge in [0.2, 0.25) is 5.76 Å². The molecule has 2 aliphatic heterocycles. The lowest BCUT2D eigenvalue weighted by Crippen LogP contribution is -2.50. The largest absolute Gasteiger partial charge is 0.361 e. The molecule has 32 heavy (non-hydrogen) atoms. The SMILES string of the molecule is Cc1ccc([C@@H]2[C@@H](c3onc(C)c3[N+](=O)[O-])C(=S)N[C@]23C(=O)N(C)c2ccccc23)cc1. The van der Waals surface area contributed by atoms with E-state index in [-0.39, 0.29) is 23.0 Å². The van der Waals surface area contributed by atoms with E-state index >= 15 is 0 Å². The average molecular weight is 449 g/mol. The number of para-hydroxylation sites is 1. The normalized spacial score (nSPS) is 24.2.